The van der Waals surface area contributed by atoms with Crippen LogP contribution < -0.4 is 13.8 Å². The number of methoxy groups -OCH3 is 2. The lowest BCUT2D eigenvalue weighted by atomic mass is 9.99. The molecule has 0 aliphatic carbocycles. The van der Waals surface area contributed by atoms with Crippen molar-refractivity contribution in [3.05, 3.63) is 48.0 Å². The van der Waals surface area contributed by atoms with Gasteiger partial charge in [0, 0.05) is 19.2 Å². The minimum atomic E-state index is -4.00. The lowest BCUT2D eigenvalue weighted by molar-refractivity contribution is -0.130. The van der Waals surface area contributed by atoms with Gasteiger partial charge in [-0.2, -0.15) is 0 Å². The first-order valence-electron chi connectivity index (χ1n) is 10.4. The van der Waals surface area contributed by atoms with Gasteiger partial charge in [-0.1, -0.05) is 24.6 Å². The standard InChI is InChI=1S/C23H30N2O5S/c1-17-5-8-20(9-6-17)31(27,28)25(16-23(26)24-13-11-18(2)12-14-24)21-10-7-19(29-3)15-22(21)30-4/h5-10,15,18H,11-14,16H2,1-4H3. The number of likely N-dealkylation sites (tertiary alicyclic amines) is 1. The summed E-state index contributed by atoms with van der Waals surface area (Å²) in [5, 5.41) is 0. The molecule has 8 heteroatoms. The number of anilines is 1. The highest BCUT2D eigenvalue weighted by atomic mass is 32.2. The van der Waals surface area contributed by atoms with Crippen LogP contribution in [0.3, 0.4) is 0 Å². The summed E-state index contributed by atoms with van der Waals surface area (Å²) >= 11 is 0. The summed E-state index contributed by atoms with van der Waals surface area (Å²) in [7, 11) is -1.02. The summed E-state index contributed by atoms with van der Waals surface area (Å²) in [5.41, 5.74) is 1.24. The Bertz CT molecular complexity index is 1010. The fraction of sp³-hybridized carbons (Fsp3) is 0.435. The second-order valence-electron chi connectivity index (χ2n) is 7.93. The van der Waals surface area contributed by atoms with Gasteiger partial charge in [0.15, 0.2) is 0 Å². The van der Waals surface area contributed by atoms with Crippen molar-refractivity contribution in [3.63, 3.8) is 0 Å². The van der Waals surface area contributed by atoms with Crippen molar-refractivity contribution in [2.75, 3.05) is 38.2 Å². The van der Waals surface area contributed by atoms with E-state index >= 15 is 0 Å². The molecule has 0 saturated carbocycles. The van der Waals surface area contributed by atoms with E-state index in [1.807, 2.05) is 6.92 Å². The maximum Gasteiger partial charge on any atom is 0.264 e. The first-order valence-corrected chi connectivity index (χ1v) is 11.8. The molecule has 0 unspecified atom stereocenters. The summed E-state index contributed by atoms with van der Waals surface area (Å²) in [4.78, 5) is 15.0. The number of carbonyl (C=O) groups is 1. The SMILES string of the molecule is COc1ccc(N(CC(=O)N2CCC(C)CC2)S(=O)(=O)c2ccc(C)cc2)c(OC)c1. The highest BCUT2D eigenvalue weighted by Gasteiger charge is 2.32. The number of nitrogens with zero attached hydrogens (tertiary/aromatic N) is 2. The molecular weight excluding hydrogens is 416 g/mol. The van der Waals surface area contributed by atoms with Crippen molar-refractivity contribution in [2.24, 2.45) is 5.92 Å². The van der Waals surface area contributed by atoms with Crippen LogP contribution in [-0.2, 0) is 14.8 Å². The third-order valence-corrected chi connectivity index (χ3v) is 7.45. The summed E-state index contributed by atoms with van der Waals surface area (Å²) in [6.45, 7) is 5.03. The molecule has 1 aliphatic heterocycles. The number of piperidine rings is 1. The largest absolute Gasteiger partial charge is 0.497 e. The highest BCUT2D eigenvalue weighted by molar-refractivity contribution is 7.92. The van der Waals surface area contributed by atoms with Crippen LogP contribution in [0.5, 0.6) is 11.5 Å². The molecule has 0 N–H and O–H groups in total. The summed E-state index contributed by atoms with van der Waals surface area (Å²) in [6.07, 6.45) is 1.84. The first kappa shape index (κ1) is 22.9. The van der Waals surface area contributed by atoms with Crippen LogP contribution in [0.4, 0.5) is 5.69 Å². The highest BCUT2D eigenvalue weighted by Crippen LogP contribution is 2.35. The Morgan fingerprint density at radius 2 is 1.71 bits per heavy atom. The van der Waals surface area contributed by atoms with E-state index < -0.39 is 10.0 Å². The van der Waals surface area contributed by atoms with Crippen molar-refractivity contribution < 1.29 is 22.7 Å². The number of benzene rings is 2. The molecule has 0 spiro atoms. The third kappa shape index (κ3) is 5.12. The third-order valence-electron chi connectivity index (χ3n) is 5.68. The Morgan fingerprint density at radius 1 is 1.06 bits per heavy atom. The number of rotatable bonds is 7. The minimum Gasteiger partial charge on any atom is -0.497 e. The van der Waals surface area contributed by atoms with Crippen molar-refractivity contribution in [1.29, 1.82) is 0 Å². The van der Waals surface area contributed by atoms with E-state index in [-0.39, 0.29) is 17.3 Å². The average Bonchev–Trinajstić information content (AvgIpc) is 2.77. The molecule has 0 bridgehead atoms. The molecule has 0 aromatic heterocycles. The normalized spacial score (nSPS) is 14.9. The Hall–Kier alpha value is -2.74. The predicted molar refractivity (Wildman–Crippen MR) is 120 cm³/mol. The van der Waals surface area contributed by atoms with E-state index in [0.29, 0.717) is 36.2 Å². The van der Waals surface area contributed by atoms with Gasteiger partial charge in [0.25, 0.3) is 10.0 Å². The van der Waals surface area contributed by atoms with Crippen molar-refractivity contribution >= 4 is 21.6 Å². The predicted octanol–water partition coefficient (Wildman–Crippen LogP) is 3.47. The number of carbonyl (C=O) groups excluding carboxylic acids is 1. The molecule has 1 aliphatic rings. The second kappa shape index (κ2) is 9.60. The van der Waals surface area contributed by atoms with E-state index in [1.165, 1.54) is 14.2 Å². The van der Waals surface area contributed by atoms with Crippen LogP contribution in [0.2, 0.25) is 0 Å². The summed E-state index contributed by atoms with van der Waals surface area (Å²) in [6, 6.07) is 11.5. The average molecular weight is 447 g/mol. The number of aryl methyl sites for hydroxylation is 1. The number of hydrogen-bond donors (Lipinski definition) is 0. The van der Waals surface area contributed by atoms with Crippen LogP contribution >= 0.6 is 0 Å². The molecule has 1 amide bonds. The Labute approximate surface area is 184 Å². The van der Waals surface area contributed by atoms with Crippen molar-refractivity contribution in [2.45, 2.75) is 31.6 Å². The van der Waals surface area contributed by atoms with Crippen LogP contribution in [0.25, 0.3) is 0 Å². The molecule has 1 fully saturated rings. The Balaban J connectivity index is 2.02. The van der Waals surface area contributed by atoms with Crippen molar-refractivity contribution in [1.82, 2.24) is 4.90 Å². The number of amides is 1. The van der Waals surface area contributed by atoms with E-state index in [0.717, 1.165) is 22.7 Å². The Kier molecular flexibility index (Phi) is 7.10. The molecule has 3 rings (SSSR count). The summed E-state index contributed by atoms with van der Waals surface area (Å²) < 4.78 is 39.0. The van der Waals surface area contributed by atoms with Gasteiger partial charge in [-0.05, 0) is 49.9 Å². The van der Waals surface area contributed by atoms with Gasteiger partial charge in [-0.3, -0.25) is 9.10 Å². The van der Waals surface area contributed by atoms with Crippen LogP contribution in [0.1, 0.15) is 25.3 Å². The van der Waals surface area contributed by atoms with Gasteiger partial charge >= 0.3 is 0 Å². The van der Waals surface area contributed by atoms with Crippen molar-refractivity contribution in [3.8, 4) is 11.5 Å². The number of sulfonamides is 1. The molecule has 7 nitrogen and oxygen atoms in total. The fourth-order valence-corrected chi connectivity index (χ4v) is 5.03. The zero-order valence-electron chi connectivity index (χ0n) is 18.5. The molecular formula is C23H30N2O5S. The molecule has 0 radical (unpaired) electrons. The van der Waals surface area contributed by atoms with Gasteiger partial charge in [0.05, 0.1) is 24.8 Å². The van der Waals surface area contributed by atoms with Crippen LogP contribution in [0.15, 0.2) is 47.4 Å². The zero-order valence-corrected chi connectivity index (χ0v) is 19.3. The molecule has 2 aromatic carbocycles. The molecule has 1 saturated heterocycles. The quantitative estimate of drug-likeness (QED) is 0.651. The van der Waals surface area contributed by atoms with Gasteiger partial charge < -0.3 is 14.4 Å². The topological polar surface area (TPSA) is 76.2 Å². The first-order chi connectivity index (χ1) is 14.8. The minimum absolute atomic E-state index is 0.121. The lowest BCUT2D eigenvalue weighted by Gasteiger charge is -2.33. The molecule has 168 valence electrons. The van der Waals surface area contributed by atoms with E-state index in [9.17, 15) is 13.2 Å². The second-order valence-corrected chi connectivity index (χ2v) is 9.79. The van der Waals surface area contributed by atoms with Gasteiger partial charge in [0.2, 0.25) is 5.91 Å². The molecule has 0 atom stereocenters. The zero-order chi connectivity index (χ0) is 22.6. The fourth-order valence-electron chi connectivity index (χ4n) is 3.61. The number of ether oxygens (including phenoxy) is 2. The smallest absolute Gasteiger partial charge is 0.264 e. The lowest BCUT2D eigenvalue weighted by Crippen LogP contribution is -2.45. The van der Waals surface area contributed by atoms with Crippen LogP contribution in [-0.4, -0.2) is 53.1 Å². The maximum absolute atomic E-state index is 13.6. The molecule has 2 aromatic rings. The van der Waals surface area contributed by atoms with Gasteiger partial charge in [0.1, 0.15) is 18.0 Å². The van der Waals surface area contributed by atoms with E-state index in [2.05, 4.69) is 6.92 Å². The monoisotopic (exact) mass is 446 g/mol. The van der Waals surface area contributed by atoms with E-state index in [4.69, 9.17) is 9.47 Å². The summed E-state index contributed by atoms with van der Waals surface area (Å²) in [5.74, 6) is 1.19. The molecule has 31 heavy (non-hydrogen) atoms. The van der Waals surface area contributed by atoms with Gasteiger partial charge in [-0.15, -0.1) is 0 Å². The number of hydrogen-bond acceptors (Lipinski definition) is 5. The maximum atomic E-state index is 13.6. The van der Waals surface area contributed by atoms with Gasteiger partial charge in [-0.25, -0.2) is 8.42 Å². The Morgan fingerprint density at radius 3 is 2.29 bits per heavy atom. The van der Waals surface area contributed by atoms with Crippen LogP contribution in [0, 0.1) is 12.8 Å². The van der Waals surface area contributed by atoms with E-state index in [1.54, 1.807) is 47.4 Å². The molecule has 1 heterocycles.